The van der Waals surface area contributed by atoms with E-state index in [-0.39, 0.29) is 12.4 Å². The number of nitrogens with zero attached hydrogens (tertiary/aromatic N) is 2. The van der Waals surface area contributed by atoms with Gasteiger partial charge in [0.25, 0.3) is 0 Å². The quantitative estimate of drug-likeness (QED) is 0.715. The van der Waals surface area contributed by atoms with E-state index in [1.54, 1.807) is 0 Å². The predicted molar refractivity (Wildman–Crippen MR) is 74.2 cm³/mol. The van der Waals surface area contributed by atoms with Crippen LogP contribution in [-0.2, 0) is 4.74 Å². The van der Waals surface area contributed by atoms with Gasteiger partial charge in [0, 0.05) is 29.9 Å². The van der Waals surface area contributed by atoms with Gasteiger partial charge in [0.2, 0.25) is 0 Å². The lowest BCUT2D eigenvalue weighted by Gasteiger charge is -2.30. The Morgan fingerprint density at radius 3 is 2.58 bits per heavy atom. The molecule has 102 valence electrons. The van der Waals surface area contributed by atoms with E-state index in [9.17, 15) is 0 Å². The van der Waals surface area contributed by atoms with Crippen LogP contribution in [-0.4, -0.2) is 31.3 Å². The summed E-state index contributed by atoms with van der Waals surface area (Å²) < 4.78 is 5.43. The minimum atomic E-state index is 0. The van der Waals surface area contributed by atoms with Crippen molar-refractivity contribution < 1.29 is 17.1 Å². The number of morpholine rings is 1. The van der Waals surface area contributed by atoms with Crippen LogP contribution < -0.4 is 17.3 Å². The van der Waals surface area contributed by atoms with Gasteiger partial charge in [0.05, 0.1) is 18.7 Å². The minimum absolute atomic E-state index is 0. The van der Waals surface area contributed by atoms with Crippen molar-refractivity contribution in [3.63, 3.8) is 0 Å². The first-order valence-electron chi connectivity index (χ1n) is 6.45. The van der Waals surface area contributed by atoms with Crippen molar-refractivity contribution in [1.29, 1.82) is 0 Å². The molecule has 0 radical (unpaired) electrons. The molecule has 1 aromatic carbocycles. The maximum Gasteiger partial charge on any atom is 0.0726 e. The Kier molecular flexibility index (Phi) is 4.27. The van der Waals surface area contributed by atoms with E-state index in [4.69, 9.17) is 4.74 Å². The highest BCUT2D eigenvalue weighted by Gasteiger charge is 2.15. The van der Waals surface area contributed by atoms with Crippen LogP contribution in [0, 0.1) is 13.8 Å². The number of hydrogen-bond donors (Lipinski definition) is 0. The third-order valence-corrected chi connectivity index (χ3v) is 3.42. The molecule has 1 aliphatic rings. The largest absolute Gasteiger partial charge is 1.00 e. The van der Waals surface area contributed by atoms with E-state index in [0.717, 1.165) is 37.5 Å². The number of halogens is 1. The van der Waals surface area contributed by atoms with Gasteiger partial charge in [0.1, 0.15) is 0 Å². The summed E-state index contributed by atoms with van der Waals surface area (Å²) in [6, 6.07) is 8.65. The zero-order chi connectivity index (χ0) is 12.5. The van der Waals surface area contributed by atoms with E-state index >= 15 is 0 Å². The molecule has 1 aliphatic heterocycles. The highest BCUT2D eigenvalue weighted by atomic mass is 35.5. The molecule has 0 unspecified atom stereocenters. The van der Waals surface area contributed by atoms with Gasteiger partial charge in [-0.2, -0.15) is 0 Å². The van der Waals surface area contributed by atoms with Crippen LogP contribution in [0.5, 0.6) is 0 Å². The van der Waals surface area contributed by atoms with E-state index in [0.29, 0.717) is 0 Å². The Hall–Kier alpha value is -1.32. The molecule has 1 aromatic heterocycles. The summed E-state index contributed by atoms with van der Waals surface area (Å²) in [4.78, 5) is 7.02. The molecule has 0 aliphatic carbocycles. The molecule has 1 fully saturated rings. The Bertz CT molecular complexity index is 580. The fourth-order valence-corrected chi connectivity index (χ4v) is 2.52. The van der Waals surface area contributed by atoms with Crippen LogP contribution in [0.3, 0.4) is 0 Å². The van der Waals surface area contributed by atoms with E-state index in [2.05, 4.69) is 48.0 Å². The van der Waals surface area contributed by atoms with Crippen molar-refractivity contribution in [2.45, 2.75) is 13.8 Å². The number of anilines is 1. The molecule has 0 bridgehead atoms. The Morgan fingerprint density at radius 2 is 1.84 bits per heavy atom. The smallest absolute Gasteiger partial charge is 0.0726 e. The summed E-state index contributed by atoms with van der Waals surface area (Å²) in [5.41, 5.74) is 4.74. The molecule has 0 amide bonds. The Balaban J connectivity index is 0.00000133. The second-order valence-corrected chi connectivity index (χ2v) is 4.90. The van der Waals surface area contributed by atoms with Crippen LogP contribution in [0.25, 0.3) is 10.9 Å². The standard InChI is InChI=1S/C15H18N2O.ClH/c1-11-3-4-14-13(9-11)15(10-12(2)16-14)17-5-7-18-8-6-17;/h3-4,9-10H,5-8H2,1-2H3;1H/p-1. The van der Waals surface area contributed by atoms with Crippen molar-refractivity contribution >= 4 is 16.6 Å². The number of hydrogen-bond acceptors (Lipinski definition) is 3. The third kappa shape index (κ3) is 2.82. The van der Waals surface area contributed by atoms with Crippen LogP contribution in [0.2, 0.25) is 0 Å². The first-order valence-corrected chi connectivity index (χ1v) is 6.45. The van der Waals surface area contributed by atoms with Crippen molar-refractivity contribution in [2.75, 3.05) is 31.2 Å². The number of pyridine rings is 1. The summed E-state index contributed by atoms with van der Waals surface area (Å²) in [6.07, 6.45) is 0. The third-order valence-electron chi connectivity index (χ3n) is 3.42. The molecular weight excluding hydrogens is 260 g/mol. The van der Waals surface area contributed by atoms with Crippen molar-refractivity contribution in [3.05, 3.63) is 35.5 Å². The maximum absolute atomic E-state index is 5.43. The highest BCUT2D eigenvalue weighted by Crippen LogP contribution is 2.28. The summed E-state index contributed by atoms with van der Waals surface area (Å²) in [5.74, 6) is 0. The zero-order valence-electron chi connectivity index (χ0n) is 11.3. The fourth-order valence-electron chi connectivity index (χ4n) is 2.52. The Morgan fingerprint density at radius 1 is 1.11 bits per heavy atom. The molecule has 4 heteroatoms. The molecular formula is C15H18ClN2O-. The number of ether oxygens (including phenoxy) is 1. The average molecular weight is 278 g/mol. The molecule has 0 atom stereocenters. The molecule has 3 rings (SSSR count). The maximum atomic E-state index is 5.43. The lowest BCUT2D eigenvalue weighted by atomic mass is 10.1. The minimum Gasteiger partial charge on any atom is -1.00 e. The summed E-state index contributed by atoms with van der Waals surface area (Å²) in [5, 5.41) is 1.25. The number of aryl methyl sites for hydroxylation is 2. The van der Waals surface area contributed by atoms with Gasteiger partial charge in [-0.3, -0.25) is 4.98 Å². The normalized spacial score (nSPS) is 15.4. The molecule has 1 saturated heterocycles. The molecule has 0 N–H and O–H groups in total. The van der Waals surface area contributed by atoms with Crippen LogP contribution in [0.4, 0.5) is 5.69 Å². The molecule has 2 heterocycles. The van der Waals surface area contributed by atoms with Crippen molar-refractivity contribution in [1.82, 2.24) is 4.98 Å². The number of rotatable bonds is 1. The zero-order valence-corrected chi connectivity index (χ0v) is 12.1. The topological polar surface area (TPSA) is 25.4 Å². The van der Waals surface area contributed by atoms with Gasteiger partial charge >= 0.3 is 0 Å². The second-order valence-electron chi connectivity index (χ2n) is 4.90. The molecule has 0 saturated carbocycles. The molecule has 2 aromatic rings. The van der Waals surface area contributed by atoms with Crippen LogP contribution in [0.1, 0.15) is 11.3 Å². The van der Waals surface area contributed by atoms with Gasteiger partial charge < -0.3 is 22.0 Å². The SMILES string of the molecule is Cc1ccc2nc(C)cc(N3CCOCC3)c2c1.[Cl-]. The first kappa shape index (κ1) is 14.1. The number of benzene rings is 1. The monoisotopic (exact) mass is 277 g/mol. The number of aromatic nitrogens is 1. The lowest BCUT2D eigenvalue weighted by Crippen LogP contribution is -3.00. The second kappa shape index (κ2) is 5.76. The first-order chi connectivity index (χ1) is 8.74. The van der Waals surface area contributed by atoms with Crippen molar-refractivity contribution in [3.8, 4) is 0 Å². The summed E-state index contributed by atoms with van der Waals surface area (Å²) in [6.45, 7) is 7.74. The fraction of sp³-hybridized carbons (Fsp3) is 0.400. The molecule has 3 nitrogen and oxygen atoms in total. The average Bonchev–Trinajstić information content (AvgIpc) is 2.39. The van der Waals surface area contributed by atoms with E-state index in [1.165, 1.54) is 16.6 Å². The Labute approximate surface area is 120 Å². The van der Waals surface area contributed by atoms with Gasteiger partial charge in [0.15, 0.2) is 0 Å². The molecule has 19 heavy (non-hydrogen) atoms. The van der Waals surface area contributed by atoms with Gasteiger partial charge in [-0.25, -0.2) is 0 Å². The van der Waals surface area contributed by atoms with Gasteiger partial charge in [-0.1, -0.05) is 11.6 Å². The number of fused-ring (bicyclic) bond motifs is 1. The van der Waals surface area contributed by atoms with Crippen molar-refractivity contribution in [2.24, 2.45) is 0 Å². The van der Waals surface area contributed by atoms with Crippen LogP contribution >= 0.6 is 0 Å². The summed E-state index contributed by atoms with van der Waals surface area (Å²) >= 11 is 0. The van der Waals surface area contributed by atoms with Gasteiger partial charge in [-0.05, 0) is 32.0 Å². The van der Waals surface area contributed by atoms with E-state index in [1.807, 2.05) is 0 Å². The van der Waals surface area contributed by atoms with Crippen LogP contribution in [0.15, 0.2) is 24.3 Å². The van der Waals surface area contributed by atoms with E-state index < -0.39 is 0 Å². The molecule has 0 spiro atoms. The summed E-state index contributed by atoms with van der Waals surface area (Å²) in [7, 11) is 0. The highest BCUT2D eigenvalue weighted by molar-refractivity contribution is 5.92. The predicted octanol–water partition coefficient (Wildman–Crippen LogP) is -0.308. The van der Waals surface area contributed by atoms with Gasteiger partial charge in [-0.15, -0.1) is 0 Å². The lowest BCUT2D eigenvalue weighted by molar-refractivity contribution is -0.00000460.